The van der Waals surface area contributed by atoms with E-state index in [4.69, 9.17) is 4.74 Å². The van der Waals surface area contributed by atoms with Gasteiger partial charge in [0, 0.05) is 13.0 Å². The second-order valence-electron chi connectivity index (χ2n) is 5.59. The van der Waals surface area contributed by atoms with Gasteiger partial charge in [0.25, 0.3) is 0 Å². The summed E-state index contributed by atoms with van der Waals surface area (Å²) in [5.74, 6) is -0.526. The van der Waals surface area contributed by atoms with Crippen LogP contribution in [0.15, 0.2) is 35.5 Å². The lowest BCUT2D eigenvalue weighted by Crippen LogP contribution is -2.42. The molecule has 0 spiro atoms. The molecule has 0 saturated heterocycles. The van der Waals surface area contributed by atoms with Gasteiger partial charge in [0.15, 0.2) is 5.78 Å². The van der Waals surface area contributed by atoms with E-state index in [1.54, 1.807) is 0 Å². The summed E-state index contributed by atoms with van der Waals surface area (Å²) in [4.78, 5) is 26.3. The summed E-state index contributed by atoms with van der Waals surface area (Å²) in [5.41, 5.74) is 3.60. The van der Waals surface area contributed by atoms with Crippen LogP contribution < -0.4 is 0 Å². The topological polar surface area (TPSA) is 46.6 Å². The van der Waals surface area contributed by atoms with Crippen LogP contribution in [0, 0.1) is 0 Å². The molecule has 4 heteroatoms. The number of carbonyl (C=O) groups excluding carboxylic acids is 2. The molecule has 1 aromatic rings. The lowest BCUT2D eigenvalue weighted by molar-refractivity contribution is -0.140. The van der Waals surface area contributed by atoms with Gasteiger partial charge in [-0.1, -0.05) is 24.3 Å². The molecule has 20 heavy (non-hydrogen) atoms. The van der Waals surface area contributed by atoms with Gasteiger partial charge in [-0.3, -0.25) is 4.79 Å². The Kier molecular flexibility index (Phi) is 2.31. The van der Waals surface area contributed by atoms with Crippen LogP contribution in [-0.4, -0.2) is 29.3 Å². The van der Waals surface area contributed by atoms with Crippen molar-refractivity contribution in [3.8, 4) is 0 Å². The molecular weight excluding hydrogens is 254 g/mol. The fourth-order valence-corrected chi connectivity index (χ4v) is 3.65. The molecule has 0 saturated carbocycles. The fourth-order valence-electron chi connectivity index (χ4n) is 3.65. The standard InChI is InChI=1S/C16H15NO3/c1-9-15-14(16(19)20-9)13(18)8-12-11-5-3-2-4-10(11)6-7-17(12)15/h2-5,9,12H,6-8H2,1H3/t9-,12+/m0/s1. The van der Waals surface area contributed by atoms with Crippen molar-refractivity contribution in [2.45, 2.75) is 31.9 Å². The molecule has 3 heterocycles. The predicted molar refractivity (Wildman–Crippen MR) is 71.8 cm³/mol. The van der Waals surface area contributed by atoms with Crippen LogP contribution in [0.4, 0.5) is 0 Å². The number of Topliss-reactive ketones (excluding diaryl/α,β-unsaturated/α-hetero) is 1. The Morgan fingerprint density at radius 1 is 1.25 bits per heavy atom. The van der Waals surface area contributed by atoms with E-state index < -0.39 is 5.97 Å². The molecule has 0 unspecified atom stereocenters. The number of ketones is 1. The minimum atomic E-state index is -0.449. The summed E-state index contributed by atoms with van der Waals surface area (Å²) in [6.45, 7) is 2.69. The summed E-state index contributed by atoms with van der Waals surface area (Å²) in [6, 6.07) is 8.32. The van der Waals surface area contributed by atoms with Gasteiger partial charge in [-0.05, 0) is 24.5 Å². The van der Waals surface area contributed by atoms with Gasteiger partial charge in [0.1, 0.15) is 11.7 Å². The quantitative estimate of drug-likeness (QED) is 0.532. The fraction of sp³-hybridized carbons (Fsp3) is 0.375. The van der Waals surface area contributed by atoms with E-state index in [1.807, 2.05) is 19.1 Å². The van der Waals surface area contributed by atoms with Crippen molar-refractivity contribution in [1.29, 1.82) is 0 Å². The number of rotatable bonds is 0. The molecule has 2 atom stereocenters. The second kappa shape index (κ2) is 3.95. The number of hydrogen-bond donors (Lipinski definition) is 0. The Morgan fingerprint density at radius 2 is 2.05 bits per heavy atom. The largest absolute Gasteiger partial charge is 0.452 e. The van der Waals surface area contributed by atoms with Crippen LogP contribution in [-0.2, 0) is 20.7 Å². The van der Waals surface area contributed by atoms with E-state index in [1.165, 1.54) is 11.1 Å². The highest BCUT2D eigenvalue weighted by atomic mass is 16.5. The molecule has 3 aliphatic rings. The zero-order chi connectivity index (χ0) is 13.9. The maximum atomic E-state index is 12.3. The number of hydrogen-bond acceptors (Lipinski definition) is 4. The van der Waals surface area contributed by atoms with Gasteiger partial charge < -0.3 is 9.64 Å². The SMILES string of the molecule is C[C@@H]1OC(=O)C2=C1N1CCc3ccccc3[C@H]1CC2=O. The van der Waals surface area contributed by atoms with Crippen molar-refractivity contribution in [1.82, 2.24) is 4.90 Å². The zero-order valence-electron chi connectivity index (χ0n) is 11.3. The van der Waals surface area contributed by atoms with Crippen LogP contribution in [0.2, 0.25) is 0 Å². The number of nitrogens with zero attached hydrogens (tertiary/aromatic N) is 1. The molecule has 4 rings (SSSR count). The van der Waals surface area contributed by atoms with Crippen molar-refractivity contribution in [2.75, 3.05) is 6.54 Å². The smallest absolute Gasteiger partial charge is 0.344 e. The molecule has 0 fully saturated rings. The van der Waals surface area contributed by atoms with Gasteiger partial charge in [0.2, 0.25) is 0 Å². The van der Waals surface area contributed by atoms with Gasteiger partial charge in [-0.2, -0.15) is 0 Å². The number of esters is 1. The lowest BCUT2D eigenvalue weighted by atomic mass is 9.84. The monoisotopic (exact) mass is 269 g/mol. The minimum Gasteiger partial charge on any atom is -0.452 e. The average Bonchev–Trinajstić information content (AvgIpc) is 2.75. The first-order chi connectivity index (χ1) is 9.66. The third kappa shape index (κ3) is 1.42. The Bertz CT molecular complexity index is 661. The first kappa shape index (κ1) is 11.7. The second-order valence-corrected chi connectivity index (χ2v) is 5.59. The number of fused-ring (bicyclic) bond motifs is 4. The van der Waals surface area contributed by atoms with Crippen LogP contribution in [0.3, 0.4) is 0 Å². The maximum absolute atomic E-state index is 12.3. The number of ether oxygens (including phenoxy) is 1. The number of benzene rings is 1. The molecule has 0 aliphatic carbocycles. The Balaban J connectivity index is 1.86. The molecule has 0 N–H and O–H groups in total. The summed E-state index contributed by atoms with van der Waals surface area (Å²) < 4.78 is 5.24. The Morgan fingerprint density at radius 3 is 2.90 bits per heavy atom. The van der Waals surface area contributed by atoms with Gasteiger partial charge in [-0.15, -0.1) is 0 Å². The first-order valence-corrected chi connectivity index (χ1v) is 6.99. The number of carbonyl (C=O) groups is 2. The highest BCUT2D eigenvalue weighted by molar-refractivity contribution is 6.20. The van der Waals surface area contributed by atoms with Gasteiger partial charge in [-0.25, -0.2) is 4.79 Å². The van der Waals surface area contributed by atoms with Crippen LogP contribution >= 0.6 is 0 Å². The van der Waals surface area contributed by atoms with Crippen molar-refractivity contribution in [3.63, 3.8) is 0 Å². The number of cyclic esters (lactones) is 1. The van der Waals surface area contributed by atoms with E-state index in [0.717, 1.165) is 18.7 Å². The van der Waals surface area contributed by atoms with Crippen molar-refractivity contribution in [3.05, 3.63) is 46.7 Å². The summed E-state index contributed by atoms with van der Waals surface area (Å²) in [6.07, 6.45) is 1.01. The highest BCUT2D eigenvalue weighted by Crippen LogP contribution is 2.43. The van der Waals surface area contributed by atoms with Crippen molar-refractivity contribution in [2.24, 2.45) is 0 Å². The van der Waals surface area contributed by atoms with E-state index in [0.29, 0.717) is 6.42 Å². The molecule has 0 radical (unpaired) electrons. The van der Waals surface area contributed by atoms with Crippen LogP contribution in [0.1, 0.15) is 30.5 Å². The molecule has 1 aromatic carbocycles. The van der Waals surface area contributed by atoms with Crippen LogP contribution in [0.25, 0.3) is 0 Å². The minimum absolute atomic E-state index is 0.0585. The summed E-state index contributed by atoms with van der Waals surface area (Å²) in [7, 11) is 0. The lowest BCUT2D eigenvalue weighted by Gasteiger charge is -2.42. The van der Waals surface area contributed by atoms with Gasteiger partial charge in [0.05, 0.1) is 11.7 Å². The third-order valence-corrected chi connectivity index (χ3v) is 4.51. The molecule has 0 bridgehead atoms. The predicted octanol–water partition coefficient (Wildman–Crippen LogP) is 1.76. The van der Waals surface area contributed by atoms with E-state index >= 15 is 0 Å². The zero-order valence-corrected chi connectivity index (χ0v) is 11.3. The first-order valence-electron chi connectivity index (χ1n) is 6.99. The molecule has 3 aliphatic heterocycles. The summed E-state index contributed by atoms with van der Waals surface area (Å²) >= 11 is 0. The Labute approximate surface area is 117 Å². The molecule has 102 valence electrons. The molecule has 0 aromatic heterocycles. The highest BCUT2D eigenvalue weighted by Gasteiger charge is 2.46. The Hall–Kier alpha value is -2.10. The van der Waals surface area contributed by atoms with Gasteiger partial charge >= 0.3 is 5.97 Å². The maximum Gasteiger partial charge on any atom is 0.344 e. The van der Waals surface area contributed by atoms with E-state index in [2.05, 4.69) is 17.0 Å². The van der Waals surface area contributed by atoms with Crippen molar-refractivity contribution < 1.29 is 14.3 Å². The molecule has 4 nitrogen and oxygen atoms in total. The molecule has 0 amide bonds. The molecular formula is C16H15NO3. The third-order valence-electron chi connectivity index (χ3n) is 4.51. The van der Waals surface area contributed by atoms with Crippen molar-refractivity contribution >= 4 is 11.8 Å². The average molecular weight is 269 g/mol. The van der Waals surface area contributed by atoms with E-state index in [-0.39, 0.29) is 23.5 Å². The van der Waals surface area contributed by atoms with E-state index in [9.17, 15) is 9.59 Å². The van der Waals surface area contributed by atoms with Crippen LogP contribution in [0.5, 0.6) is 0 Å². The summed E-state index contributed by atoms with van der Waals surface area (Å²) in [5, 5.41) is 0. The normalized spacial score (nSPS) is 27.9.